The topological polar surface area (TPSA) is 42.2 Å². The second-order valence-corrected chi connectivity index (χ2v) is 7.23. The third-order valence-electron chi connectivity index (χ3n) is 5.49. The summed E-state index contributed by atoms with van der Waals surface area (Å²) in [5.74, 6) is 0.849. The number of fused-ring (bicyclic) bond motifs is 1. The number of hydrogen-bond donors (Lipinski definition) is 0. The predicted octanol–water partition coefficient (Wildman–Crippen LogP) is 5.55. The monoisotopic (exact) mass is 369 g/mol. The summed E-state index contributed by atoms with van der Waals surface area (Å²) in [5, 5.41) is 11.5. The minimum absolute atomic E-state index is 0.156. The van der Waals surface area contributed by atoms with Gasteiger partial charge < -0.3 is 9.47 Å². The molecule has 140 valence electrons. The third kappa shape index (κ3) is 3.93. The lowest BCUT2D eigenvalue weighted by Gasteiger charge is -2.35. The summed E-state index contributed by atoms with van der Waals surface area (Å²) in [6.45, 7) is 1.94. The van der Waals surface area contributed by atoms with Gasteiger partial charge >= 0.3 is 0 Å². The van der Waals surface area contributed by atoms with Crippen molar-refractivity contribution in [3.8, 4) is 11.8 Å². The number of hydrogen-bond acceptors (Lipinski definition) is 3. The van der Waals surface area contributed by atoms with Crippen molar-refractivity contribution in [2.24, 2.45) is 0 Å². The van der Waals surface area contributed by atoms with Crippen molar-refractivity contribution in [1.29, 1.82) is 5.26 Å². The van der Waals surface area contributed by atoms with Crippen LogP contribution >= 0.6 is 0 Å². The van der Waals surface area contributed by atoms with Crippen LogP contribution in [0.25, 0.3) is 10.8 Å². The second kappa shape index (κ2) is 8.29. The van der Waals surface area contributed by atoms with Crippen molar-refractivity contribution >= 4 is 10.8 Å². The Morgan fingerprint density at radius 1 is 0.964 bits per heavy atom. The van der Waals surface area contributed by atoms with Gasteiger partial charge in [0, 0.05) is 24.7 Å². The van der Waals surface area contributed by atoms with Crippen molar-refractivity contribution in [2.45, 2.75) is 24.9 Å². The van der Waals surface area contributed by atoms with Gasteiger partial charge in [-0.2, -0.15) is 5.26 Å². The van der Waals surface area contributed by atoms with Crippen LogP contribution in [0.1, 0.15) is 24.0 Å². The standard InChI is InChI=1S/C25H23NO2/c26-14-4-11-25(12-15-27-16-13-25)23-7-3-8-24(18-23)28-19-20-9-10-21-5-1-2-6-22(21)17-20/h1-11,17-18H,12-13,15-16,19H2. The van der Waals surface area contributed by atoms with Crippen LogP contribution in [-0.2, 0) is 16.8 Å². The van der Waals surface area contributed by atoms with Gasteiger partial charge in [-0.1, -0.05) is 54.6 Å². The van der Waals surface area contributed by atoms with Gasteiger partial charge in [0.15, 0.2) is 0 Å². The minimum atomic E-state index is -0.156. The summed E-state index contributed by atoms with van der Waals surface area (Å²) >= 11 is 0. The van der Waals surface area contributed by atoms with Gasteiger partial charge in [-0.05, 0) is 52.9 Å². The van der Waals surface area contributed by atoms with Crippen LogP contribution in [0, 0.1) is 11.3 Å². The molecular weight excluding hydrogens is 346 g/mol. The van der Waals surface area contributed by atoms with Gasteiger partial charge in [-0.25, -0.2) is 0 Å². The first-order valence-corrected chi connectivity index (χ1v) is 9.65. The molecule has 0 bridgehead atoms. The van der Waals surface area contributed by atoms with Crippen molar-refractivity contribution in [2.75, 3.05) is 13.2 Å². The molecule has 3 heteroatoms. The largest absolute Gasteiger partial charge is 0.489 e. The molecule has 0 amide bonds. The maximum atomic E-state index is 9.01. The van der Waals surface area contributed by atoms with E-state index in [1.54, 1.807) is 6.08 Å². The number of benzene rings is 3. The highest BCUT2D eigenvalue weighted by molar-refractivity contribution is 5.82. The molecule has 3 nitrogen and oxygen atoms in total. The van der Waals surface area contributed by atoms with Crippen LogP contribution in [0.3, 0.4) is 0 Å². The number of allylic oxidation sites excluding steroid dienone is 2. The van der Waals surface area contributed by atoms with E-state index in [1.165, 1.54) is 16.3 Å². The van der Waals surface area contributed by atoms with E-state index in [4.69, 9.17) is 14.7 Å². The number of nitrogens with zero attached hydrogens (tertiary/aromatic N) is 1. The highest BCUT2D eigenvalue weighted by Crippen LogP contribution is 2.37. The Morgan fingerprint density at radius 3 is 2.61 bits per heavy atom. The molecule has 0 aliphatic carbocycles. The zero-order valence-corrected chi connectivity index (χ0v) is 15.8. The molecule has 28 heavy (non-hydrogen) atoms. The Hall–Kier alpha value is -3.09. The number of rotatable bonds is 5. The quantitative estimate of drug-likeness (QED) is 0.554. The zero-order chi connectivity index (χ0) is 19.2. The Bertz CT molecular complexity index is 1030. The van der Waals surface area contributed by atoms with Crippen LogP contribution in [-0.4, -0.2) is 13.2 Å². The van der Waals surface area contributed by atoms with E-state index in [1.807, 2.05) is 18.2 Å². The molecule has 3 aromatic carbocycles. The third-order valence-corrected chi connectivity index (χ3v) is 5.49. The van der Waals surface area contributed by atoms with Gasteiger partial charge in [-0.3, -0.25) is 0 Å². The van der Waals surface area contributed by atoms with Crippen molar-refractivity contribution in [3.05, 3.63) is 90.0 Å². The molecular formula is C25H23NO2. The lowest BCUT2D eigenvalue weighted by molar-refractivity contribution is 0.0653. The van der Waals surface area contributed by atoms with Crippen LogP contribution in [0.4, 0.5) is 0 Å². The summed E-state index contributed by atoms with van der Waals surface area (Å²) in [6.07, 6.45) is 5.37. The Balaban J connectivity index is 1.54. The summed E-state index contributed by atoms with van der Waals surface area (Å²) in [5.41, 5.74) is 2.17. The van der Waals surface area contributed by atoms with E-state index in [-0.39, 0.29) is 5.41 Å². The van der Waals surface area contributed by atoms with Crippen LogP contribution in [0.15, 0.2) is 78.9 Å². The van der Waals surface area contributed by atoms with E-state index >= 15 is 0 Å². The molecule has 0 saturated carbocycles. The minimum Gasteiger partial charge on any atom is -0.489 e. The molecule has 1 aliphatic heterocycles. The molecule has 1 heterocycles. The SMILES string of the molecule is N#CC=CC1(c2cccc(OCc3ccc4ccccc4c3)c2)CCOCC1. The van der Waals surface area contributed by atoms with Crippen LogP contribution < -0.4 is 4.74 Å². The Kier molecular flexibility index (Phi) is 5.41. The van der Waals surface area contributed by atoms with E-state index in [9.17, 15) is 0 Å². The molecule has 4 rings (SSSR count). The fourth-order valence-corrected chi connectivity index (χ4v) is 3.87. The fraction of sp³-hybridized carbons (Fsp3) is 0.240. The molecule has 1 saturated heterocycles. The molecule has 0 N–H and O–H groups in total. The Labute approximate surface area is 165 Å². The first-order valence-electron chi connectivity index (χ1n) is 9.65. The lowest BCUT2D eigenvalue weighted by atomic mass is 9.74. The van der Waals surface area contributed by atoms with E-state index < -0.39 is 0 Å². The summed E-state index contributed by atoms with van der Waals surface area (Å²) in [6, 6.07) is 25.1. The van der Waals surface area contributed by atoms with Gasteiger partial charge in [0.05, 0.1) is 6.07 Å². The smallest absolute Gasteiger partial charge is 0.120 e. The number of nitriles is 1. The van der Waals surface area contributed by atoms with Gasteiger partial charge in [-0.15, -0.1) is 0 Å². The lowest BCUT2D eigenvalue weighted by Crippen LogP contribution is -2.31. The zero-order valence-electron chi connectivity index (χ0n) is 15.8. The van der Waals surface area contributed by atoms with E-state index in [0.717, 1.165) is 24.2 Å². The molecule has 0 radical (unpaired) electrons. The summed E-state index contributed by atoms with van der Waals surface area (Å²) < 4.78 is 11.7. The maximum Gasteiger partial charge on any atom is 0.120 e. The maximum absolute atomic E-state index is 9.01. The Morgan fingerprint density at radius 2 is 1.79 bits per heavy atom. The van der Waals surface area contributed by atoms with Gasteiger partial charge in [0.2, 0.25) is 0 Å². The first-order chi connectivity index (χ1) is 13.8. The van der Waals surface area contributed by atoms with Crippen LogP contribution in [0.2, 0.25) is 0 Å². The van der Waals surface area contributed by atoms with E-state index in [2.05, 4.69) is 60.7 Å². The highest BCUT2D eigenvalue weighted by Gasteiger charge is 2.32. The molecule has 0 unspecified atom stereocenters. The van der Waals surface area contributed by atoms with Gasteiger partial charge in [0.25, 0.3) is 0 Å². The molecule has 0 spiro atoms. The predicted molar refractivity (Wildman–Crippen MR) is 111 cm³/mol. The average molecular weight is 369 g/mol. The molecule has 3 aromatic rings. The molecule has 1 fully saturated rings. The summed E-state index contributed by atoms with van der Waals surface area (Å²) in [4.78, 5) is 0. The average Bonchev–Trinajstić information content (AvgIpc) is 2.77. The highest BCUT2D eigenvalue weighted by atomic mass is 16.5. The van der Waals surface area contributed by atoms with Crippen molar-refractivity contribution in [1.82, 2.24) is 0 Å². The molecule has 1 aliphatic rings. The summed E-state index contributed by atoms with van der Waals surface area (Å²) in [7, 11) is 0. The number of ether oxygens (including phenoxy) is 2. The van der Waals surface area contributed by atoms with E-state index in [0.29, 0.717) is 19.8 Å². The molecule has 0 atom stereocenters. The second-order valence-electron chi connectivity index (χ2n) is 7.23. The van der Waals surface area contributed by atoms with Crippen molar-refractivity contribution < 1.29 is 9.47 Å². The van der Waals surface area contributed by atoms with Crippen LogP contribution in [0.5, 0.6) is 5.75 Å². The molecule has 0 aromatic heterocycles. The fourth-order valence-electron chi connectivity index (χ4n) is 3.87. The normalized spacial score (nSPS) is 16.1. The first kappa shape index (κ1) is 18.3. The van der Waals surface area contributed by atoms with Gasteiger partial charge in [0.1, 0.15) is 12.4 Å². The van der Waals surface area contributed by atoms with Crippen molar-refractivity contribution in [3.63, 3.8) is 0 Å².